The van der Waals surface area contributed by atoms with E-state index in [4.69, 9.17) is 9.15 Å². The number of rotatable bonds is 6. The minimum Gasteiger partial charge on any atom is -0.496 e. The van der Waals surface area contributed by atoms with Crippen molar-refractivity contribution >= 4 is 28.1 Å². The SMILES string of the molecule is COc1c(CNC(=O)c2nc(Cc3cccc(C(F)(F)F)c3)c3oc4ncccc4c3n2)cccc1C(F)(F)F. The second kappa shape index (κ2) is 10.1. The monoisotopic (exact) mass is 560 g/mol. The number of nitrogens with one attached hydrogen (secondary N) is 1. The van der Waals surface area contributed by atoms with Crippen molar-refractivity contribution in [3.05, 3.63) is 94.6 Å². The van der Waals surface area contributed by atoms with E-state index in [1.807, 2.05) is 0 Å². The summed E-state index contributed by atoms with van der Waals surface area (Å²) >= 11 is 0. The van der Waals surface area contributed by atoms with Crippen LogP contribution >= 0.6 is 0 Å². The molecule has 0 aliphatic carbocycles. The van der Waals surface area contributed by atoms with Crippen molar-refractivity contribution in [3.8, 4) is 5.75 Å². The first-order valence-electron chi connectivity index (χ1n) is 11.7. The summed E-state index contributed by atoms with van der Waals surface area (Å²) in [7, 11) is 1.09. The lowest BCUT2D eigenvalue weighted by Crippen LogP contribution is -2.26. The van der Waals surface area contributed by atoms with Crippen molar-refractivity contribution in [1.29, 1.82) is 0 Å². The van der Waals surface area contributed by atoms with Crippen LogP contribution in [0.4, 0.5) is 26.3 Å². The number of furan rings is 1. The van der Waals surface area contributed by atoms with Gasteiger partial charge in [0.2, 0.25) is 11.5 Å². The minimum absolute atomic E-state index is 0.0638. The molecule has 3 heterocycles. The summed E-state index contributed by atoms with van der Waals surface area (Å²) in [6.07, 6.45) is -7.89. The topological polar surface area (TPSA) is 90.1 Å². The van der Waals surface area contributed by atoms with Crippen LogP contribution in [0.1, 0.15) is 38.6 Å². The number of carbonyl (C=O) groups excluding carboxylic acids is 1. The van der Waals surface area contributed by atoms with E-state index < -0.39 is 35.1 Å². The van der Waals surface area contributed by atoms with Gasteiger partial charge < -0.3 is 14.5 Å². The van der Waals surface area contributed by atoms with Crippen molar-refractivity contribution in [2.45, 2.75) is 25.3 Å². The molecule has 5 aromatic rings. The predicted molar refractivity (Wildman–Crippen MR) is 131 cm³/mol. The van der Waals surface area contributed by atoms with E-state index in [9.17, 15) is 31.1 Å². The van der Waals surface area contributed by atoms with Gasteiger partial charge in [-0.2, -0.15) is 26.3 Å². The quantitative estimate of drug-likeness (QED) is 0.244. The van der Waals surface area contributed by atoms with Crippen LogP contribution in [-0.4, -0.2) is 28.0 Å². The fourth-order valence-electron chi connectivity index (χ4n) is 4.25. The van der Waals surface area contributed by atoms with Gasteiger partial charge in [0.25, 0.3) is 5.91 Å². The summed E-state index contributed by atoms with van der Waals surface area (Å²) in [5.74, 6) is -1.62. The average Bonchev–Trinajstić information content (AvgIpc) is 3.29. The van der Waals surface area contributed by atoms with Crippen LogP contribution in [0.3, 0.4) is 0 Å². The molecule has 0 aliphatic rings. The lowest BCUT2D eigenvalue weighted by atomic mass is 10.1. The van der Waals surface area contributed by atoms with Crippen molar-refractivity contribution < 1.29 is 40.3 Å². The number of aromatic nitrogens is 3. The van der Waals surface area contributed by atoms with E-state index in [0.717, 1.165) is 25.3 Å². The third-order valence-corrected chi connectivity index (χ3v) is 6.04. The summed E-state index contributed by atoms with van der Waals surface area (Å²) in [6, 6.07) is 11.3. The molecule has 0 bridgehead atoms. The number of alkyl halides is 6. The smallest absolute Gasteiger partial charge is 0.419 e. The third-order valence-electron chi connectivity index (χ3n) is 6.04. The Hall–Kier alpha value is -4.68. The predicted octanol–water partition coefficient (Wildman–Crippen LogP) is 6.34. The van der Waals surface area contributed by atoms with Gasteiger partial charge in [0.15, 0.2) is 5.58 Å². The Bertz CT molecular complexity index is 1730. The van der Waals surface area contributed by atoms with Crippen molar-refractivity contribution in [3.63, 3.8) is 0 Å². The Balaban J connectivity index is 1.52. The Morgan fingerprint density at radius 3 is 2.48 bits per heavy atom. The van der Waals surface area contributed by atoms with Crippen LogP contribution in [0.15, 0.2) is 65.2 Å². The largest absolute Gasteiger partial charge is 0.496 e. The Kier molecular flexibility index (Phi) is 6.82. The molecule has 40 heavy (non-hydrogen) atoms. The van der Waals surface area contributed by atoms with Gasteiger partial charge in [0.1, 0.15) is 11.3 Å². The minimum atomic E-state index is -4.67. The number of methoxy groups -OCH3 is 1. The van der Waals surface area contributed by atoms with Crippen LogP contribution in [-0.2, 0) is 25.3 Å². The Morgan fingerprint density at radius 2 is 1.75 bits per heavy atom. The van der Waals surface area contributed by atoms with E-state index in [0.29, 0.717) is 5.39 Å². The van der Waals surface area contributed by atoms with Crippen molar-refractivity contribution in [2.75, 3.05) is 7.11 Å². The number of hydrogen-bond acceptors (Lipinski definition) is 6. The zero-order chi connectivity index (χ0) is 28.7. The average molecular weight is 560 g/mol. The molecule has 0 atom stereocenters. The number of pyridine rings is 1. The Morgan fingerprint density at radius 1 is 0.975 bits per heavy atom. The Labute approximate surface area is 221 Å². The molecule has 5 rings (SSSR count). The normalized spacial score (nSPS) is 12.2. The van der Waals surface area contributed by atoms with Gasteiger partial charge in [-0.1, -0.05) is 30.3 Å². The number of para-hydroxylation sites is 1. The molecule has 206 valence electrons. The fraction of sp³-hybridized carbons (Fsp3) is 0.185. The molecular weight excluding hydrogens is 542 g/mol. The second-order valence-electron chi connectivity index (χ2n) is 8.68. The van der Waals surface area contributed by atoms with E-state index >= 15 is 0 Å². The van der Waals surface area contributed by atoms with E-state index in [1.54, 1.807) is 12.1 Å². The highest BCUT2D eigenvalue weighted by Gasteiger charge is 2.35. The molecular formula is C27H18F6N4O3. The zero-order valence-electron chi connectivity index (χ0n) is 20.5. The van der Waals surface area contributed by atoms with Gasteiger partial charge in [-0.3, -0.25) is 4.79 Å². The maximum absolute atomic E-state index is 13.4. The fourth-order valence-corrected chi connectivity index (χ4v) is 4.25. The first-order valence-corrected chi connectivity index (χ1v) is 11.7. The van der Waals surface area contributed by atoms with Gasteiger partial charge in [-0.15, -0.1) is 0 Å². The summed E-state index contributed by atoms with van der Waals surface area (Å²) in [6.45, 7) is -0.343. The number of amides is 1. The molecule has 0 aliphatic heterocycles. The summed E-state index contributed by atoms with van der Waals surface area (Å²) in [5, 5.41) is 2.93. The number of hydrogen-bond donors (Lipinski definition) is 1. The molecule has 0 saturated carbocycles. The second-order valence-corrected chi connectivity index (χ2v) is 8.68. The van der Waals surface area contributed by atoms with Crippen LogP contribution in [0.25, 0.3) is 22.2 Å². The van der Waals surface area contributed by atoms with Gasteiger partial charge in [-0.05, 0) is 29.8 Å². The number of fused-ring (bicyclic) bond motifs is 3. The van der Waals surface area contributed by atoms with E-state index in [1.165, 1.54) is 30.5 Å². The van der Waals surface area contributed by atoms with Gasteiger partial charge in [0, 0.05) is 24.7 Å². The molecule has 13 heteroatoms. The highest BCUT2D eigenvalue weighted by Crippen LogP contribution is 2.38. The molecule has 1 amide bonds. The number of nitrogens with zero attached hydrogens (tertiary/aromatic N) is 3. The molecule has 0 fully saturated rings. The van der Waals surface area contributed by atoms with Crippen molar-refractivity contribution in [1.82, 2.24) is 20.3 Å². The first-order chi connectivity index (χ1) is 19.0. The van der Waals surface area contributed by atoms with Crippen LogP contribution in [0.2, 0.25) is 0 Å². The van der Waals surface area contributed by atoms with E-state index in [-0.39, 0.29) is 52.4 Å². The maximum Gasteiger partial charge on any atom is 0.419 e. The lowest BCUT2D eigenvalue weighted by Gasteiger charge is -2.16. The molecule has 3 aromatic heterocycles. The third kappa shape index (κ3) is 5.26. The number of carbonyl (C=O) groups is 1. The molecule has 0 saturated heterocycles. The van der Waals surface area contributed by atoms with Crippen LogP contribution in [0, 0.1) is 0 Å². The molecule has 7 nitrogen and oxygen atoms in total. The summed E-state index contributed by atoms with van der Waals surface area (Å²) < 4.78 is 90.6. The van der Waals surface area contributed by atoms with Gasteiger partial charge in [0.05, 0.1) is 29.3 Å². The molecule has 0 radical (unpaired) electrons. The van der Waals surface area contributed by atoms with E-state index in [2.05, 4.69) is 20.3 Å². The highest BCUT2D eigenvalue weighted by molar-refractivity contribution is 6.03. The van der Waals surface area contributed by atoms with Gasteiger partial charge >= 0.3 is 12.4 Å². The maximum atomic E-state index is 13.4. The molecule has 0 unspecified atom stereocenters. The molecule has 1 N–H and O–H groups in total. The number of halogens is 6. The highest BCUT2D eigenvalue weighted by atomic mass is 19.4. The summed E-state index contributed by atoms with van der Waals surface area (Å²) in [4.78, 5) is 25.8. The van der Waals surface area contributed by atoms with Crippen LogP contribution < -0.4 is 10.1 Å². The zero-order valence-corrected chi connectivity index (χ0v) is 20.5. The number of ether oxygens (including phenoxy) is 1. The summed E-state index contributed by atoms with van der Waals surface area (Å²) in [5.41, 5.74) is -0.872. The van der Waals surface area contributed by atoms with Gasteiger partial charge in [-0.25, -0.2) is 15.0 Å². The molecule has 2 aromatic carbocycles. The number of benzene rings is 2. The molecule has 0 spiro atoms. The van der Waals surface area contributed by atoms with Crippen molar-refractivity contribution in [2.24, 2.45) is 0 Å². The first kappa shape index (κ1) is 26.9. The lowest BCUT2D eigenvalue weighted by molar-refractivity contribution is -0.139. The van der Waals surface area contributed by atoms with Crippen LogP contribution in [0.5, 0.6) is 5.75 Å². The standard InChI is InChI=1S/C27H18F6N4O3/c1-39-21-15(6-3-9-18(21)27(31,32)33)13-35-24(38)23-36-19(12-14-5-2-7-16(11-14)26(28,29)30)22-20(37-23)17-8-4-10-34-25(17)40-22/h2-11H,12-13H2,1H3,(H,35,38).